The molecule has 0 unspecified atom stereocenters. The van der Waals surface area contributed by atoms with E-state index in [1.54, 1.807) is 36.0 Å². The number of piperidine rings is 1. The van der Waals surface area contributed by atoms with E-state index in [2.05, 4.69) is 5.32 Å². The summed E-state index contributed by atoms with van der Waals surface area (Å²) in [6, 6.07) is 9.93. The van der Waals surface area contributed by atoms with E-state index in [0.29, 0.717) is 43.1 Å². The second-order valence-electron chi connectivity index (χ2n) is 8.18. The summed E-state index contributed by atoms with van der Waals surface area (Å²) in [6.45, 7) is 3.08. The third kappa shape index (κ3) is 4.23. The van der Waals surface area contributed by atoms with E-state index in [9.17, 15) is 14.0 Å². The molecule has 162 valence electrons. The van der Waals surface area contributed by atoms with Crippen LogP contribution < -0.4 is 5.32 Å². The van der Waals surface area contributed by atoms with Crippen LogP contribution in [0.3, 0.4) is 0 Å². The van der Waals surface area contributed by atoms with Crippen molar-refractivity contribution >= 4 is 23.4 Å². The van der Waals surface area contributed by atoms with Gasteiger partial charge in [0.2, 0.25) is 5.91 Å². The Morgan fingerprint density at radius 1 is 1.13 bits per heavy atom. The number of carbonyl (C=O) groups excluding carboxylic acids is 2. The molecule has 1 fully saturated rings. The van der Waals surface area contributed by atoms with Crippen molar-refractivity contribution in [1.29, 1.82) is 0 Å². The molecule has 0 atom stereocenters. The monoisotopic (exact) mass is 423 g/mol. The average molecular weight is 423 g/mol. The smallest absolute Gasteiger partial charge is 0.319 e. The maximum Gasteiger partial charge on any atom is 0.319 e. The van der Waals surface area contributed by atoms with Crippen LogP contribution in [-0.2, 0) is 4.79 Å². The first-order valence-electron chi connectivity index (χ1n) is 10.3. The highest BCUT2D eigenvalue weighted by molar-refractivity contribution is 5.96. The van der Waals surface area contributed by atoms with E-state index in [-0.39, 0.29) is 23.7 Å². The fraction of sp³-hybridized carbons (Fsp3) is 0.348. The van der Waals surface area contributed by atoms with Gasteiger partial charge in [0, 0.05) is 44.9 Å². The van der Waals surface area contributed by atoms with Crippen molar-refractivity contribution in [2.24, 2.45) is 5.92 Å². The van der Waals surface area contributed by atoms with Gasteiger partial charge >= 0.3 is 6.03 Å². The summed E-state index contributed by atoms with van der Waals surface area (Å²) in [5.41, 5.74) is 3.09. The van der Waals surface area contributed by atoms with Crippen molar-refractivity contribution in [1.82, 2.24) is 19.2 Å². The van der Waals surface area contributed by atoms with E-state index in [1.165, 1.54) is 12.1 Å². The molecule has 31 heavy (non-hydrogen) atoms. The number of benzene rings is 1. The van der Waals surface area contributed by atoms with Crippen LogP contribution in [0.2, 0.25) is 0 Å². The number of nitrogens with zero attached hydrogens (tertiary/aromatic N) is 4. The Hall–Kier alpha value is -3.42. The molecule has 3 amide bonds. The number of halogens is 1. The fourth-order valence-corrected chi connectivity index (χ4v) is 3.91. The molecule has 1 saturated heterocycles. The Morgan fingerprint density at radius 3 is 2.45 bits per heavy atom. The summed E-state index contributed by atoms with van der Waals surface area (Å²) in [4.78, 5) is 33.3. The number of likely N-dealkylation sites (tertiary alicyclic amines) is 1. The number of urea groups is 1. The maximum atomic E-state index is 13.4. The number of aromatic nitrogens is 2. The maximum absolute atomic E-state index is 13.4. The summed E-state index contributed by atoms with van der Waals surface area (Å²) in [5, 5.41) is 3.06. The number of anilines is 1. The van der Waals surface area contributed by atoms with Crippen LogP contribution in [0, 0.1) is 18.7 Å². The molecular weight excluding hydrogens is 397 g/mol. The van der Waals surface area contributed by atoms with Crippen LogP contribution in [0.1, 0.15) is 18.4 Å². The minimum atomic E-state index is -0.326. The Kier molecular flexibility index (Phi) is 5.63. The molecule has 3 aromatic rings. The van der Waals surface area contributed by atoms with Gasteiger partial charge in [0.15, 0.2) is 0 Å². The molecule has 7 nitrogen and oxygen atoms in total. The van der Waals surface area contributed by atoms with Crippen molar-refractivity contribution in [3.8, 4) is 11.3 Å². The predicted molar refractivity (Wildman–Crippen MR) is 117 cm³/mol. The van der Waals surface area contributed by atoms with Crippen molar-refractivity contribution in [3.63, 3.8) is 0 Å². The summed E-state index contributed by atoms with van der Waals surface area (Å²) in [7, 11) is 3.45. The lowest BCUT2D eigenvalue weighted by molar-refractivity contribution is -0.121. The first-order valence-corrected chi connectivity index (χ1v) is 10.3. The van der Waals surface area contributed by atoms with E-state index >= 15 is 0 Å². The lowest BCUT2D eigenvalue weighted by atomic mass is 9.96. The molecule has 8 heteroatoms. The van der Waals surface area contributed by atoms with Gasteiger partial charge in [-0.3, -0.25) is 9.20 Å². The zero-order chi connectivity index (χ0) is 22.1. The largest absolute Gasteiger partial charge is 0.331 e. The van der Waals surface area contributed by atoms with E-state index in [0.717, 1.165) is 11.1 Å². The summed E-state index contributed by atoms with van der Waals surface area (Å²) < 4.78 is 15.3. The third-order valence-electron chi connectivity index (χ3n) is 5.66. The number of imidazole rings is 1. The molecule has 3 heterocycles. The molecule has 1 aliphatic rings. The van der Waals surface area contributed by atoms with Gasteiger partial charge in [-0.25, -0.2) is 14.2 Å². The van der Waals surface area contributed by atoms with Gasteiger partial charge in [0.05, 0.1) is 0 Å². The van der Waals surface area contributed by atoms with Gasteiger partial charge < -0.3 is 15.1 Å². The average Bonchev–Trinajstić information content (AvgIpc) is 3.11. The zero-order valence-corrected chi connectivity index (χ0v) is 17.9. The van der Waals surface area contributed by atoms with Crippen molar-refractivity contribution in [3.05, 3.63) is 54.0 Å². The number of nitrogens with one attached hydrogen (secondary N) is 1. The summed E-state index contributed by atoms with van der Waals surface area (Å²) in [6.07, 6.45) is 3.08. The Balaban J connectivity index is 1.59. The normalized spacial score (nSPS) is 14.6. The molecule has 0 radical (unpaired) electrons. The van der Waals surface area contributed by atoms with Crippen LogP contribution >= 0.6 is 0 Å². The molecule has 0 aliphatic carbocycles. The number of aryl methyl sites for hydroxylation is 1. The highest BCUT2D eigenvalue weighted by Gasteiger charge is 2.29. The number of amides is 3. The van der Waals surface area contributed by atoms with Gasteiger partial charge in [0.1, 0.15) is 23.0 Å². The van der Waals surface area contributed by atoms with Crippen molar-refractivity contribution in [2.75, 3.05) is 32.5 Å². The first-order chi connectivity index (χ1) is 14.8. The van der Waals surface area contributed by atoms with Crippen molar-refractivity contribution < 1.29 is 14.0 Å². The van der Waals surface area contributed by atoms with Gasteiger partial charge in [-0.1, -0.05) is 0 Å². The molecular formula is C23H26FN5O2. The molecule has 0 bridgehead atoms. The van der Waals surface area contributed by atoms with Crippen molar-refractivity contribution in [2.45, 2.75) is 19.8 Å². The molecule has 1 N–H and O–H groups in total. The number of pyridine rings is 1. The minimum absolute atomic E-state index is 0.0328. The number of fused-ring (bicyclic) bond motifs is 1. The highest BCUT2D eigenvalue weighted by atomic mass is 19.1. The van der Waals surface area contributed by atoms with E-state index in [1.807, 2.05) is 29.7 Å². The summed E-state index contributed by atoms with van der Waals surface area (Å²) >= 11 is 0. The predicted octanol–water partition coefficient (Wildman–Crippen LogP) is 3.78. The second-order valence-corrected chi connectivity index (χ2v) is 8.18. The second kappa shape index (κ2) is 8.37. The molecule has 0 spiro atoms. The van der Waals surface area contributed by atoms with Gasteiger partial charge in [0.25, 0.3) is 0 Å². The van der Waals surface area contributed by atoms with Crippen LogP contribution in [0.4, 0.5) is 15.0 Å². The number of hydrogen-bond donors (Lipinski definition) is 1. The topological polar surface area (TPSA) is 70.0 Å². The molecule has 2 aromatic heterocycles. The van der Waals surface area contributed by atoms with E-state index < -0.39 is 0 Å². The Bertz CT molecular complexity index is 1110. The van der Waals surface area contributed by atoms with Crippen LogP contribution in [-0.4, -0.2) is 58.3 Å². The van der Waals surface area contributed by atoms with Gasteiger partial charge in [-0.2, -0.15) is 0 Å². The lowest BCUT2D eigenvalue weighted by Gasteiger charge is -2.33. The molecule has 4 rings (SSSR count). The number of rotatable bonds is 3. The Labute approximate surface area is 180 Å². The van der Waals surface area contributed by atoms with Crippen LogP contribution in [0.15, 0.2) is 42.6 Å². The van der Waals surface area contributed by atoms with E-state index in [4.69, 9.17) is 4.98 Å². The first kappa shape index (κ1) is 20.8. The molecule has 1 aromatic carbocycles. The zero-order valence-electron chi connectivity index (χ0n) is 17.9. The van der Waals surface area contributed by atoms with Gasteiger partial charge in [-0.05, 0) is 61.7 Å². The SMILES string of the molecule is Cc1ccn2c(NC(=O)C3CCN(C(=O)N(C)C)CC3)c(-c3ccc(F)cc3)nc2c1. The Morgan fingerprint density at radius 2 is 1.81 bits per heavy atom. The molecule has 1 aliphatic heterocycles. The highest BCUT2D eigenvalue weighted by Crippen LogP contribution is 2.30. The summed E-state index contributed by atoms with van der Waals surface area (Å²) in [5.74, 6) is -0.0441. The number of hydrogen-bond acceptors (Lipinski definition) is 3. The minimum Gasteiger partial charge on any atom is -0.331 e. The molecule has 0 saturated carbocycles. The van der Waals surface area contributed by atoms with Crippen LogP contribution in [0.25, 0.3) is 16.9 Å². The van der Waals surface area contributed by atoms with Gasteiger partial charge in [-0.15, -0.1) is 0 Å². The standard InChI is InChI=1S/C23H26FN5O2/c1-15-8-13-29-19(14-15)25-20(16-4-6-18(24)7-5-16)21(29)26-22(30)17-9-11-28(12-10-17)23(31)27(2)3/h4-8,13-14,17H,9-12H2,1-3H3,(H,26,30). The number of carbonyl (C=O) groups is 2. The van der Waals surface area contributed by atoms with Crippen LogP contribution in [0.5, 0.6) is 0 Å². The fourth-order valence-electron chi connectivity index (χ4n) is 3.91. The third-order valence-corrected chi connectivity index (χ3v) is 5.66. The quantitative estimate of drug-likeness (QED) is 0.697. The lowest BCUT2D eigenvalue weighted by Crippen LogP contribution is -2.45.